The summed E-state index contributed by atoms with van der Waals surface area (Å²) >= 11 is 0. The van der Waals surface area contributed by atoms with Gasteiger partial charge in [-0.15, -0.1) is 0 Å². The highest BCUT2D eigenvalue weighted by Crippen LogP contribution is 2.32. The van der Waals surface area contributed by atoms with Gasteiger partial charge in [-0.1, -0.05) is 13.3 Å². The average molecular weight is 238 g/mol. The molecule has 2 aliphatic heterocycles. The van der Waals surface area contributed by atoms with Crippen molar-refractivity contribution in [1.29, 1.82) is 0 Å². The molecular weight excluding hydrogens is 212 g/mol. The smallest absolute Gasteiger partial charge is 0.220 e. The zero-order chi connectivity index (χ0) is 12.3. The van der Waals surface area contributed by atoms with E-state index in [0.717, 1.165) is 19.3 Å². The second-order valence-corrected chi connectivity index (χ2v) is 5.94. The quantitative estimate of drug-likeness (QED) is 0.771. The van der Waals surface area contributed by atoms with Crippen molar-refractivity contribution in [2.24, 2.45) is 5.92 Å². The van der Waals surface area contributed by atoms with Crippen molar-refractivity contribution in [1.82, 2.24) is 10.6 Å². The van der Waals surface area contributed by atoms with Gasteiger partial charge in [-0.3, -0.25) is 4.79 Å². The number of amides is 1. The fraction of sp³-hybridized carbons (Fsp3) is 0.929. The van der Waals surface area contributed by atoms with Crippen LogP contribution in [0.5, 0.6) is 0 Å². The first kappa shape index (κ1) is 12.9. The van der Waals surface area contributed by atoms with Gasteiger partial charge in [0.1, 0.15) is 0 Å². The van der Waals surface area contributed by atoms with E-state index < -0.39 is 0 Å². The van der Waals surface area contributed by atoms with E-state index in [1.807, 2.05) is 0 Å². The zero-order valence-corrected chi connectivity index (χ0v) is 11.2. The van der Waals surface area contributed by atoms with Gasteiger partial charge in [-0.2, -0.15) is 0 Å². The number of piperidine rings is 1. The summed E-state index contributed by atoms with van der Waals surface area (Å²) in [5, 5.41) is 6.74. The minimum Gasteiger partial charge on any atom is -0.354 e. The molecule has 98 valence electrons. The number of nitrogens with one attached hydrogen (secondary N) is 2. The monoisotopic (exact) mass is 238 g/mol. The Hall–Kier alpha value is -0.570. The van der Waals surface area contributed by atoms with Crippen molar-refractivity contribution in [2.45, 2.75) is 76.9 Å². The molecule has 0 aromatic carbocycles. The van der Waals surface area contributed by atoms with Crippen LogP contribution in [0.1, 0.15) is 58.8 Å². The number of rotatable bonds is 5. The number of fused-ring (bicyclic) bond motifs is 2. The van der Waals surface area contributed by atoms with Crippen LogP contribution < -0.4 is 10.6 Å². The Morgan fingerprint density at radius 2 is 2.00 bits per heavy atom. The van der Waals surface area contributed by atoms with Crippen LogP contribution in [0.3, 0.4) is 0 Å². The van der Waals surface area contributed by atoms with Gasteiger partial charge in [-0.05, 0) is 44.9 Å². The van der Waals surface area contributed by atoms with Crippen LogP contribution >= 0.6 is 0 Å². The molecule has 3 atom stereocenters. The highest BCUT2D eigenvalue weighted by atomic mass is 16.1. The molecule has 2 rings (SSSR count). The summed E-state index contributed by atoms with van der Waals surface area (Å²) in [6, 6.07) is 1.73. The van der Waals surface area contributed by atoms with E-state index >= 15 is 0 Å². The summed E-state index contributed by atoms with van der Waals surface area (Å²) in [5.74, 6) is 0.875. The van der Waals surface area contributed by atoms with E-state index in [2.05, 4.69) is 24.5 Å². The SMILES string of the molecule is CCCC(C)NC(=O)CC1CC2CCC(C1)N2. The van der Waals surface area contributed by atoms with Crippen LogP contribution in [0, 0.1) is 5.92 Å². The van der Waals surface area contributed by atoms with Crippen molar-refractivity contribution in [3.8, 4) is 0 Å². The topological polar surface area (TPSA) is 41.1 Å². The molecule has 17 heavy (non-hydrogen) atoms. The van der Waals surface area contributed by atoms with Gasteiger partial charge in [0.25, 0.3) is 0 Å². The molecule has 0 saturated carbocycles. The van der Waals surface area contributed by atoms with Gasteiger partial charge >= 0.3 is 0 Å². The Morgan fingerprint density at radius 1 is 1.35 bits per heavy atom. The van der Waals surface area contributed by atoms with Gasteiger partial charge in [0, 0.05) is 24.5 Å². The van der Waals surface area contributed by atoms with Crippen LogP contribution in [-0.4, -0.2) is 24.0 Å². The molecule has 0 aromatic heterocycles. The van der Waals surface area contributed by atoms with E-state index in [9.17, 15) is 4.79 Å². The van der Waals surface area contributed by atoms with Gasteiger partial charge in [0.05, 0.1) is 0 Å². The molecule has 2 N–H and O–H groups in total. The fourth-order valence-electron chi connectivity index (χ4n) is 3.44. The first-order valence-corrected chi connectivity index (χ1v) is 7.22. The lowest BCUT2D eigenvalue weighted by molar-refractivity contribution is -0.122. The lowest BCUT2D eigenvalue weighted by atomic mass is 9.89. The molecule has 2 aliphatic rings. The predicted octanol–water partition coefficient (Wildman–Crippen LogP) is 2.21. The number of carbonyl (C=O) groups excluding carboxylic acids is 1. The highest BCUT2D eigenvalue weighted by Gasteiger charge is 2.34. The van der Waals surface area contributed by atoms with Crippen LogP contribution in [0.25, 0.3) is 0 Å². The van der Waals surface area contributed by atoms with Gasteiger partial charge in [0.2, 0.25) is 5.91 Å². The molecule has 0 spiro atoms. The van der Waals surface area contributed by atoms with E-state index in [0.29, 0.717) is 24.0 Å². The summed E-state index contributed by atoms with van der Waals surface area (Å²) in [6.45, 7) is 4.26. The van der Waals surface area contributed by atoms with Crippen LogP contribution in [-0.2, 0) is 4.79 Å². The van der Waals surface area contributed by atoms with E-state index in [4.69, 9.17) is 0 Å². The Morgan fingerprint density at radius 3 is 2.59 bits per heavy atom. The standard InChI is InChI=1S/C14H26N2O/c1-3-4-10(2)15-14(17)9-11-7-12-5-6-13(8-11)16-12/h10-13,16H,3-9H2,1-2H3,(H,15,17). The first-order valence-electron chi connectivity index (χ1n) is 7.22. The van der Waals surface area contributed by atoms with Crippen molar-refractivity contribution in [3.05, 3.63) is 0 Å². The summed E-state index contributed by atoms with van der Waals surface area (Å²) in [4.78, 5) is 11.9. The summed E-state index contributed by atoms with van der Waals surface area (Å²) < 4.78 is 0. The lowest BCUT2D eigenvalue weighted by Crippen LogP contribution is -2.40. The predicted molar refractivity (Wildman–Crippen MR) is 69.8 cm³/mol. The molecule has 0 aromatic rings. The minimum absolute atomic E-state index is 0.261. The third-order valence-electron chi connectivity index (χ3n) is 4.17. The maximum Gasteiger partial charge on any atom is 0.220 e. The molecule has 2 heterocycles. The molecule has 3 nitrogen and oxygen atoms in total. The molecule has 2 fully saturated rings. The number of carbonyl (C=O) groups is 1. The average Bonchev–Trinajstić information content (AvgIpc) is 2.58. The van der Waals surface area contributed by atoms with Gasteiger partial charge in [0.15, 0.2) is 0 Å². The largest absolute Gasteiger partial charge is 0.354 e. The Kier molecular flexibility index (Phi) is 4.43. The molecule has 0 aliphatic carbocycles. The second kappa shape index (κ2) is 5.85. The van der Waals surface area contributed by atoms with Crippen molar-refractivity contribution in [3.63, 3.8) is 0 Å². The molecule has 3 heteroatoms. The van der Waals surface area contributed by atoms with Crippen LogP contribution in [0.4, 0.5) is 0 Å². The van der Waals surface area contributed by atoms with E-state index in [1.165, 1.54) is 25.7 Å². The fourth-order valence-corrected chi connectivity index (χ4v) is 3.44. The zero-order valence-electron chi connectivity index (χ0n) is 11.2. The van der Waals surface area contributed by atoms with Crippen molar-refractivity contribution in [2.75, 3.05) is 0 Å². The third-order valence-corrected chi connectivity index (χ3v) is 4.17. The summed E-state index contributed by atoms with van der Waals surface area (Å²) in [7, 11) is 0. The molecule has 1 amide bonds. The van der Waals surface area contributed by atoms with Crippen molar-refractivity contribution >= 4 is 5.91 Å². The summed E-state index contributed by atoms with van der Waals surface area (Å²) in [5.41, 5.74) is 0. The molecule has 2 bridgehead atoms. The van der Waals surface area contributed by atoms with Gasteiger partial charge in [-0.25, -0.2) is 0 Å². The Bertz CT molecular complexity index is 255. The summed E-state index contributed by atoms with van der Waals surface area (Å²) in [6.07, 6.45) is 7.99. The normalized spacial score (nSPS) is 33.4. The number of hydrogen-bond donors (Lipinski definition) is 2. The highest BCUT2D eigenvalue weighted by molar-refractivity contribution is 5.76. The molecular formula is C14H26N2O. The molecule has 2 saturated heterocycles. The maximum atomic E-state index is 11.9. The van der Waals surface area contributed by atoms with Gasteiger partial charge < -0.3 is 10.6 Å². The second-order valence-electron chi connectivity index (χ2n) is 5.94. The minimum atomic E-state index is 0.261. The third kappa shape index (κ3) is 3.70. The first-order chi connectivity index (χ1) is 8.17. The van der Waals surface area contributed by atoms with Crippen LogP contribution in [0.2, 0.25) is 0 Å². The molecule has 3 unspecified atom stereocenters. The lowest BCUT2D eigenvalue weighted by Gasteiger charge is -2.29. The van der Waals surface area contributed by atoms with Crippen molar-refractivity contribution < 1.29 is 4.79 Å². The maximum absolute atomic E-state index is 11.9. The Balaban J connectivity index is 1.71. The van der Waals surface area contributed by atoms with E-state index in [1.54, 1.807) is 0 Å². The molecule has 0 radical (unpaired) electrons. The van der Waals surface area contributed by atoms with E-state index in [-0.39, 0.29) is 5.91 Å². The number of hydrogen-bond acceptors (Lipinski definition) is 2. The Labute approximate surface area is 105 Å². The van der Waals surface area contributed by atoms with Crippen LogP contribution in [0.15, 0.2) is 0 Å².